The quantitative estimate of drug-likeness (QED) is 0.279. The number of hydrogen-bond acceptors (Lipinski definition) is 6. The molecular weight excluding hydrogens is 516 g/mol. The molecule has 0 bridgehead atoms. The molecule has 1 aliphatic carbocycles. The molecule has 3 heterocycles. The van der Waals surface area contributed by atoms with Gasteiger partial charge in [-0.05, 0) is 43.4 Å². The normalized spacial score (nSPS) is 14.4. The fourth-order valence-electron chi connectivity index (χ4n) is 4.43. The Kier molecular flexibility index (Phi) is 6.96. The van der Waals surface area contributed by atoms with E-state index in [2.05, 4.69) is 32.5 Å². The Hall–Kier alpha value is -4.09. The average molecular weight is 543 g/mol. The highest BCUT2D eigenvalue weighted by Crippen LogP contribution is 2.59. The van der Waals surface area contributed by atoms with Gasteiger partial charge in [-0.25, -0.2) is 14.4 Å². The van der Waals surface area contributed by atoms with Gasteiger partial charge in [-0.3, -0.25) is 9.48 Å². The standard InChI is InChI=1S/C27H26F4N6O2/c1-3-8-37-15-19(16(2)35-37)10-23-32-13-20(14-33-23)17-4-5-18(21(28)9-17)11-25(38)34-24-12-22(39-36-24)26(6-7-26)27(29,30)31/h4-5,9,12-15H,3,6-8,10-11H2,1-2H3,(H,34,36,38). The van der Waals surface area contributed by atoms with Crippen LogP contribution in [-0.4, -0.2) is 37.0 Å². The minimum Gasteiger partial charge on any atom is -0.358 e. The molecule has 0 unspecified atom stereocenters. The Morgan fingerprint density at radius 3 is 2.51 bits per heavy atom. The number of hydrogen-bond donors (Lipinski definition) is 1. The smallest absolute Gasteiger partial charge is 0.358 e. The summed E-state index contributed by atoms with van der Waals surface area (Å²) in [5, 5.41) is 10.4. The van der Waals surface area contributed by atoms with Crippen molar-refractivity contribution in [3.05, 3.63) is 77.1 Å². The van der Waals surface area contributed by atoms with Crippen LogP contribution in [0.5, 0.6) is 0 Å². The summed E-state index contributed by atoms with van der Waals surface area (Å²) in [5.74, 6) is -1.11. The molecule has 1 fully saturated rings. The molecular formula is C27H26F4N6O2. The molecule has 0 radical (unpaired) electrons. The third kappa shape index (κ3) is 5.55. The van der Waals surface area contributed by atoms with Gasteiger partial charge in [0.25, 0.3) is 0 Å². The van der Waals surface area contributed by atoms with E-state index in [1.54, 1.807) is 18.5 Å². The number of halogens is 4. The monoisotopic (exact) mass is 542 g/mol. The second-order valence-corrected chi connectivity index (χ2v) is 9.75. The first-order valence-corrected chi connectivity index (χ1v) is 12.5. The van der Waals surface area contributed by atoms with Gasteiger partial charge in [0.1, 0.15) is 17.1 Å². The fraction of sp³-hybridized carbons (Fsp3) is 0.370. The summed E-state index contributed by atoms with van der Waals surface area (Å²) in [5.41, 5.74) is 1.20. The third-order valence-electron chi connectivity index (χ3n) is 6.83. The van der Waals surface area contributed by atoms with Crippen LogP contribution < -0.4 is 5.32 Å². The number of nitrogens with one attached hydrogen (secondary N) is 1. The molecule has 1 aliphatic rings. The highest BCUT2D eigenvalue weighted by molar-refractivity contribution is 5.91. The van der Waals surface area contributed by atoms with Crippen molar-refractivity contribution in [2.24, 2.45) is 0 Å². The number of nitrogens with zero attached hydrogens (tertiary/aromatic N) is 5. The highest BCUT2D eigenvalue weighted by Gasteiger charge is 2.66. The van der Waals surface area contributed by atoms with Crippen molar-refractivity contribution < 1.29 is 26.9 Å². The van der Waals surface area contributed by atoms with E-state index in [1.807, 2.05) is 17.8 Å². The predicted octanol–water partition coefficient (Wildman–Crippen LogP) is 5.55. The first-order valence-electron chi connectivity index (χ1n) is 12.5. The van der Waals surface area contributed by atoms with Gasteiger partial charge in [0.05, 0.1) is 12.1 Å². The SMILES string of the molecule is CCCn1cc(Cc2ncc(-c3ccc(CC(=O)Nc4cc(C5(C(F)(F)F)CC5)on4)c(F)c3)cn2)c(C)n1. The van der Waals surface area contributed by atoms with Gasteiger partial charge >= 0.3 is 6.18 Å². The molecule has 0 aliphatic heterocycles. The lowest BCUT2D eigenvalue weighted by Crippen LogP contribution is -2.28. The van der Waals surface area contributed by atoms with Gasteiger partial charge in [-0.15, -0.1) is 0 Å². The molecule has 0 saturated heterocycles. The van der Waals surface area contributed by atoms with Gasteiger partial charge in [-0.2, -0.15) is 18.3 Å². The summed E-state index contributed by atoms with van der Waals surface area (Å²) in [4.78, 5) is 21.2. The van der Waals surface area contributed by atoms with E-state index in [9.17, 15) is 22.4 Å². The first kappa shape index (κ1) is 26.5. The number of benzene rings is 1. The molecule has 1 aromatic carbocycles. The minimum atomic E-state index is -4.46. The molecule has 1 saturated carbocycles. The van der Waals surface area contributed by atoms with Crippen molar-refractivity contribution in [1.82, 2.24) is 24.9 Å². The van der Waals surface area contributed by atoms with Crippen LogP contribution in [0.15, 0.2) is 47.4 Å². The molecule has 0 atom stereocenters. The van der Waals surface area contributed by atoms with E-state index in [0.717, 1.165) is 30.3 Å². The summed E-state index contributed by atoms with van der Waals surface area (Å²) in [6.07, 6.45) is 1.77. The maximum atomic E-state index is 14.8. The van der Waals surface area contributed by atoms with E-state index in [-0.39, 0.29) is 36.4 Å². The Morgan fingerprint density at radius 2 is 1.87 bits per heavy atom. The summed E-state index contributed by atoms with van der Waals surface area (Å²) < 4.78 is 61.4. The number of alkyl halides is 3. The van der Waals surface area contributed by atoms with Crippen LogP contribution in [0, 0.1) is 12.7 Å². The fourth-order valence-corrected chi connectivity index (χ4v) is 4.43. The lowest BCUT2D eigenvalue weighted by atomic mass is 10.0. The second kappa shape index (κ2) is 10.2. The summed E-state index contributed by atoms with van der Waals surface area (Å²) in [6, 6.07) is 5.48. The summed E-state index contributed by atoms with van der Waals surface area (Å²) in [6.45, 7) is 4.87. The van der Waals surface area contributed by atoms with Crippen molar-refractivity contribution in [3.8, 4) is 11.1 Å². The molecule has 12 heteroatoms. The summed E-state index contributed by atoms with van der Waals surface area (Å²) >= 11 is 0. The lowest BCUT2D eigenvalue weighted by Gasteiger charge is -2.14. The zero-order valence-electron chi connectivity index (χ0n) is 21.3. The van der Waals surface area contributed by atoms with Gasteiger partial charge in [0.15, 0.2) is 11.6 Å². The number of anilines is 1. The third-order valence-corrected chi connectivity index (χ3v) is 6.83. The number of aromatic nitrogens is 5. The largest absolute Gasteiger partial charge is 0.401 e. The Balaban J connectivity index is 1.21. The lowest BCUT2D eigenvalue weighted by molar-refractivity contribution is -0.165. The number of carbonyl (C=O) groups excluding carboxylic acids is 1. The predicted molar refractivity (Wildman–Crippen MR) is 133 cm³/mol. The Labute approximate surface area is 221 Å². The number of amides is 1. The first-order chi connectivity index (χ1) is 18.6. The number of carbonyl (C=O) groups is 1. The van der Waals surface area contributed by atoms with Gasteiger partial charge < -0.3 is 9.84 Å². The van der Waals surface area contributed by atoms with Crippen molar-refractivity contribution in [3.63, 3.8) is 0 Å². The van der Waals surface area contributed by atoms with Crippen molar-refractivity contribution in [2.45, 2.75) is 64.1 Å². The van der Waals surface area contributed by atoms with Gasteiger partial charge in [-0.1, -0.05) is 24.2 Å². The Bertz CT molecular complexity index is 1490. The van der Waals surface area contributed by atoms with Crippen LogP contribution >= 0.6 is 0 Å². The molecule has 5 rings (SSSR count). The second-order valence-electron chi connectivity index (χ2n) is 9.75. The number of rotatable bonds is 9. The van der Waals surface area contributed by atoms with Crippen LogP contribution in [0.2, 0.25) is 0 Å². The Morgan fingerprint density at radius 1 is 1.13 bits per heavy atom. The van der Waals surface area contributed by atoms with E-state index < -0.39 is 23.3 Å². The molecule has 0 spiro atoms. The van der Waals surface area contributed by atoms with Crippen LogP contribution in [0.4, 0.5) is 23.4 Å². The van der Waals surface area contributed by atoms with Gasteiger partial charge in [0.2, 0.25) is 5.91 Å². The maximum absolute atomic E-state index is 14.8. The van der Waals surface area contributed by atoms with E-state index >= 15 is 0 Å². The molecule has 1 N–H and O–H groups in total. The van der Waals surface area contributed by atoms with Crippen LogP contribution in [0.25, 0.3) is 11.1 Å². The van der Waals surface area contributed by atoms with E-state index in [0.29, 0.717) is 23.4 Å². The molecule has 3 aromatic heterocycles. The zero-order chi connectivity index (χ0) is 27.8. The van der Waals surface area contributed by atoms with Crippen LogP contribution in [0.1, 0.15) is 54.6 Å². The van der Waals surface area contributed by atoms with Gasteiger partial charge in [0, 0.05) is 48.7 Å². The van der Waals surface area contributed by atoms with Crippen molar-refractivity contribution in [2.75, 3.05) is 5.32 Å². The highest BCUT2D eigenvalue weighted by atomic mass is 19.4. The summed E-state index contributed by atoms with van der Waals surface area (Å²) in [7, 11) is 0. The average Bonchev–Trinajstić information content (AvgIpc) is 3.48. The van der Waals surface area contributed by atoms with Crippen molar-refractivity contribution >= 4 is 11.7 Å². The van der Waals surface area contributed by atoms with Crippen LogP contribution in [-0.2, 0) is 29.6 Å². The maximum Gasteiger partial charge on any atom is 0.401 e. The van der Waals surface area contributed by atoms with Crippen molar-refractivity contribution in [1.29, 1.82) is 0 Å². The topological polar surface area (TPSA) is 98.7 Å². The van der Waals surface area contributed by atoms with E-state index in [1.165, 1.54) is 12.1 Å². The molecule has 8 nitrogen and oxygen atoms in total. The van der Waals surface area contributed by atoms with E-state index in [4.69, 9.17) is 4.52 Å². The molecule has 4 aromatic rings. The molecule has 1 amide bonds. The van der Waals surface area contributed by atoms with Crippen LogP contribution in [0.3, 0.4) is 0 Å². The zero-order valence-corrected chi connectivity index (χ0v) is 21.3. The molecule has 39 heavy (non-hydrogen) atoms. The number of aryl methyl sites for hydroxylation is 2. The minimum absolute atomic E-state index is 0.0885. The molecule has 204 valence electrons.